The summed E-state index contributed by atoms with van der Waals surface area (Å²) in [7, 11) is 1.64. The molecule has 0 unspecified atom stereocenters. The highest BCUT2D eigenvalue weighted by molar-refractivity contribution is 7.99. The normalized spacial score (nSPS) is 10.7. The van der Waals surface area contributed by atoms with Gasteiger partial charge in [0.2, 0.25) is 5.91 Å². The summed E-state index contributed by atoms with van der Waals surface area (Å²) in [5, 5.41) is 9.49. The summed E-state index contributed by atoms with van der Waals surface area (Å²) in [5.74, 6) is 1.74. The maximum Gasteiger partial charge on any atom is 0.237 e. The molecular formula is C26H26N4O2S. The van der Waals surface area contributed by atoms with Crippen LogP contribution in [0.2, 0.25) is 0 Å². The summed E-state index contributed by atoms with van der Waals surface area (Å²) < 4.78 is 7.51. The van der Waals surface area contributed by atoms with Gasteiger partial charge in [0, 0.05) is 12.2 Å². The van der Waals surface area contributed by atoms with Gasteiger partial charge in [-0.05, 0) is 36.8 Å². The summed E-state index contributed by atoms with van der Waals surface area (Å²) in [6.45, 7) is 3.24. The van der Waals surface area contributed by atoms with Gasteiger partial charge in [0.1, 0.15) is 5.75 Å². The number of ether oxygens (including phenoxy) is 1. The molecule has 7 heteroatoms. The smallest absolute Gasteiger partial charge is 0.237 e. The van der Waals surface area contributed by atoms with Crippen molar-refractivity contribution in [3.05, 3.63) is 90.5 Å². The number of rotatable bonds is 9. The highest BCUT2D eigenvalue weighted by Crippen LogP contribution is 2.31. The molecule has 0 radical (unpaired) electrons. The van der Waals surface area contributed by atoms with Gasteiger partial charge in [0.05, 0.1) is 25.0 Å². The Kier molecular flexibility index (Phi) is 7.42. The van der Waals surface area contributed by atoms with Crippen LogP contribution in [0, 0.1) is 0 Å². The molecule has 0 saturated carbocycles. The fourth-order valence-electron chi connectivity index (χ4n) is 3.61. The minimum Gasteiger partial charge on any atom is -0.496 e. The van der Waals surface area contributed by atoms with Crippen molar-refractivity contribution >= 4 is 23.4 Å². The van der Waals surface area contributed by atoms with Gasteiger partial charge in [-0.1, -0.05) is 72.4 Å². The van der Waals surface area contributed by atoms with Crippen LogP contribution in [0.25, 0.3) is 11.4 Å². The quantitative estimate of drug-likeness (QED) is 0.319. The Hall–Kier alpha value is -3.58. The fourth-order valence-corrected chi connectivity index (χ4v) is 4.49. The number of benzene rings is 3. The fraction of sp³-hybridized carbons (Fsp3) is 0.192. The molecule has 0 aliphatic carbocycles. The van der Waals surface area contributed by atoms with Crippen molar-refractivity contribution in [3.8, 4) is 17.1 Å². The van der Waals surface area contributed by atoms with Crippen LogP contribution < -0.4 is 9.64 Å². The zero-order chi connectivity index (χ0) is 23.0. The SMILES string of the molecule is CCn1c(SCC(=O)N(Cc2ccccc2)c2ccccc2)nnc1-c1ccccc1OC. The molecule has 3 aromatic carbocycles. The number of anilines is 1. The molecule has 1 amide bonds. The number of hydrogen-bond acceptors (Lipinski definition) is 5. The van der Waals surface area contributed by atoms with Gasteiger partial charge in [0.25, 0.3) is 0 Å². The molecule has 33 heavy (non-hydrogen) atoms. The molecule has 0 aliphatic rings. The molecular weight excluding hydrogens is 432 g/mol. The van der Waals surface area contributed by atoms with Crippen LogP contribution in [-0.2, 0) is 17.9 Å². The molecule has 0 saturated heterocycles. The first-order chi connectivity index (χ1) is 16.2. The number of aromatic nitrogens is 3. The minimum atomic E-state index is 0.0135. The lowest BCUT2D eigenvalue weighted by molar-refractivity contribution is -0.116. The molecule has 0 aliphatic heterocycles. The predicted molar refractivity (Wildman–Crippen MR) is 132 cm³/mol. The van der Waals surface area contributed by atoms with Crippen molar-refractivity contribution in [2.24, 2.45) is 0 Å². The van der Waals surface area contributed by atoms with E-state index < -0.39 is 0 Å². The first kappa shape index (κ1) is 22.6. The Morgan fingerprint density at radius 2 is 1.61 bits per heavy atom. The van der Waals surface area contributed by atoms with E-state index in [4.69, 9.17) is 4.74 Å². The minimum absolute atomic E-state index is 0.0135. The highest BCUT2D eigenvalue weighted by Gasteiger charge is 2.20. The molecule has 1 aromatic heterocycles. The average Bonchev–Trinajstić information content (AvgIpc) is 3.29. The van der Waals surface area contributed by atoms with Crippen molar-refractivity contribution in [2.45, 2.75) is 25.2 Å². The van der Waals surface area contributed by atoms with Gasteiger partial charge in [0.15, 0.2) is 11.0 Å². The maximum atomic E-state index is 13.3. The van der Waals surface area contributed by atoms with E-state index in [9.17, 15) is 4.79 Å². The molecule has 6 nitrogen and oxygen atoms in total. The Morgan fingerprint density at radius 3 is 2.30 bits per heavy atom. The van der Waals surface area contributed by atoms with Gasteiger partial charge in [-0.25, -0.2) is 0 Å². The second-order valence-corrected chi connectivity index (χ2v) is 8.28. The summed E-state index contributed by atoms with van der Waals surface area (Å²) in [6.07, 6.45) is 0. The average molecular weight is 459 g/mol. The number of hydrogen-bond donors (Lipinski definition) is 0. The van der Waals surface area contributed by atoms with E-state index in [0.29, 0.717) is 18.2 Å². The van der Waals surface area contributed by atoms with Gasteiger partial charge < -0.3 is 14.2 Å². The van der Waals surface area contributed by atoms with Crippen LogP contribution in [0.4, 0.5) is 5.69 Å². The van der Waals surface area contributed by atoms with Crippen LogP contribution in [0.15, 0.2) is 90.1 Å². The Bertz CT molecular complexity index is 1200. The predicted octanol–water partition coefficient (Wildman–Crippen LogP) is 5.30. The number of methoxy groups -OCH3 is 1. The highest BCUT2D eigenvalue weighted by atomic mass is 32.2. The monoisotopic (exact) mass is 458 g/mol. The molecule has 0 bridgehead atoms. The molecule has 4 aromatic rings. The van der Waals surface area contributed by atoms with Gasteiger partial charge >= 0.3 is 0 Å². The third kappa shape index (κ3) is 5.26. The van der Waals surface area contributed by atoms with Crippen molar-refractivity contribution in [1.29, 1.82) is 0 Å². The largest absolute Gasteiger partial charge is 0.496 e. The van der Waals surface area contributed by atoms with E-state index in [-0.39, 0.29) is 11.7 Å². The first-order valence-electron chi connectivity index (χ1n) is 10.8. The van der Waals surface area contributed by atoms with Gasteiger partial charge in [-0.3, -0.25) is 4.79 Å². The Balaban J connectivity index is 1.55. The topological polar surface area (TPSA) is 60.2 Å². The number of carbonyl (C=O) groups is 1. The van der Waals surface area contributed by atoms with Crippen LogP contribution in [0.3, 0.4) is 0 Å². The molecule has 0 spiro atoms. The number of nitrogens with zero attached hydrogens (tertiary/aromatic N) is 4. The van der Waals surface area contributed by atoms with Crippen molar-refractivity contribution in [2.75, 3.05) is 17.8 Å². The van der Waals surface area contributed by atoms with Crippen LogP contribution in [-0.4, -0.2) is 33.5 Å². The molecule has 0 atom stereocenters. The molecule has 0 N–H and O–H groups in total. The number of amides is 1. The third-order valence-electron chi connectivity index (χ3n) is 5.26. The standard InChI is InChI=1S/C26H26N4O2S/c1-3-29-25(22-16-10-11-17-23(22)32-2)27-28-26(29)33-19-24(31)30(21-14-8-5-9-15-21)18-20-12-6-4-7-13-20/h4-17H,3,18-19H2,1-2H3. The molecule has 168 valence electrons. The van der Waals surface area contributed by atoms with Crippen molar-refractivity contribution < 1.29 is 9.53 Å². The number of thioether (sulfide) groups is 1. The van der Waals surface area contributed by atoms with Crippen molar-refractivity contribution in [3.63, 3.8) is 0 Å². The summed E-state index contributed by atoms with van der Waals surface area (Å²) in [4.78, 5) is 15.1. The zero-order valence-corrected chi connectivity index (χ0v) is 19.5. The number of carbonyl (C=O) groups excluding carboxylic acids is 1. The van der Waals surface area contributed by atoms with E-state index in [1.54, 1.807) is 7.11 Å². The lowest BCUT2D eigenvalue weighted by Crippen LogP contribution is -2.32. The Labute approximate surface area is 198 Å². The molecule has 1 heterocycles. The molecule has 0 fully saturated rings. The lowest BCUT2D eigenvalue weighted by Gasteiger charge is -2.23. The van der Waals surface area contributed by atoms with E-state index >= 15 is 0 Å². The van der Waals surface area contributed by atoms with E-state index in [2.05, 4.69) is 10.2 Å². The summed E-state index contributed by atoms with van der Waals surface area (Å²) >= 11 is 1.40. The Morgan fingerprint density at radius 1 is 0.939 bits per heavy atom. The van der Waals surface area contributed by atoms with Crippen molar-refractivity contribution in [1.82, 2.24) is 14.8 Å². The summed E-state index contributed by atoms with van der Waals surface area (Å²) in [5.41, 5.74) is 2.83. The maximum absolute atomic E-state index is 13.3. The van der Waals surface area contributed by atoms with E-state index in [1.165, 1.54) is 11.8 Å². The molecule has 4 rings (SSSR count). The van der Waals surface area contributed by atoms with E-state index in [0.717, 1.165) is 28.4 Å². The third-order valence-corrected chi connectivity index (χ3v) is 6.21. The first-order valence-corrected chi connectivity index (χ1v) is 11.8. The van der Waals surface area contributed by atoms with Gasteiger partial charge in [-0.15, -0.1) is 10.2 Å². The van der Waals surface area contributed by atoms with Crippen LogP contribution >= 0.6 is 11.8 Å². The van der Waals surface area contributed by atoms with Crippen LogP contribution in [0.5, 0.6) is 5.75 Å². The number of para-hydroxylation sites is 2. The van der Waals surface area contributed by atoms with E-state index in [1.807, 2.05) is 101 Å². The van der Waals surface area contributed by atoms with Gasteiger partial charge in [-0.2, -0.15) is 0 Å². The zero-order valence-electron chi connectivity index (χ0n) is 18.7. The second-order valence-electron chi connectivity index (χ2n) is 7.34. The summed E-state index contributed by atoms with van der Waals surface area (Å²) in [6, 6.07) is 27.5. The van der Waals surface area contributed by atoms with Crippen LogP contribution in [0.1, 0.15) is 12.5 Å². The second kappa shape index (κ2) is 10.8. The lowest BCUT2D eigenvalue weighted by atomic mass is 10.2.